The SMILES string of the molecule is O=C(O)C(F)(F)F.O=C(c1cccc(F)c1)N1CCC2(CC1)CC(Oc1cccnc1)C2. The summed E-state index contributed by atoms with van der Waals surface area (Å²) in [6.07, 6.45) is 2.68. The predicted molar refractivity (Wildman–Crippen MR) is 106 cm³/mol. The van der Waals surface area contributed by atoms with E-state index in [2.05, 4.69) is 4.98 Å². The van der Waals surface area contributed by atoms with Gasteiger partial charge in [0.2, 0.25) is 0 Å². The van der Waals surface area contributed by atoms with E-state index in [1.54, 1.807) is 24.5 Å². The summed E-state index contributed by atoms with van der Waals surface area (Å²) in [7, 11) is 0. The van der Waals surface area contributed by atoms with E-state index in [9.17, 15) is 22.4 Å². The van der Waals surface area contributed by atoms with Crippen LogP contribution in [0.3, 0.4) is 0 Å². The van der Waals surface area contributed by atoms with E-state index < -0.39 is 12.1 Å². The number of amides is 1. The van der Waals surface area contributed by atoms with Gasteiger partial charge >= 0.3 is 12.1 Å². The zero-order valence-electron chi connectivity index (χ0n) is 17.0. The largest absolute Gasteiger partial charge is 0.490 e. The number of pyridine rings is 1. The van der Waals surface area contributed by atoms with Gasteiger partial charge in [-0.2, -0.15) is 13.2 Å². The van der Waals surface area contributed by atoms with Gasteiger partial charge < -0.3 is 14.7 Å². The second-order valence-electron chi connectivity index (χ2n) is 7.94. The highest BCUT2D eigenvalue weighted by molar-refractivity contribution is 5.94. The molecule has 0 bridgehead atoms. The molecule has 1 aliphatic heterocycles. The van der Waals surface area contributed by atoms with Crippen LogP contribution >= 0.6 is 0 Å². The fourth-order valence-electron chi connectivity index (χ4n) is 4.00. The molecule has 10 heteroatoms. The third-order valence-corrected chi connectivity index (χ3v) is 5.68. The van der Waals surface area contributed by atoms with Gasteiger partial charge in [-0.25, -0.2) is 9.18 Å². The van der Waals surface area contributed by atoms with Gasteiger partial charge in [0.05, 0.1) is 12.3 Å². The molecule has 1 amide bonds. The molecule has 0 atom stereocenters. The first-order chi connectivity index (χ1) is 15.1. The van der Waals surface area contributed by atoms with E-state index in [1.807, 2.05) is 17.0 Å². The Hall–Kier alpha value is -3.17. The monoisotopic (exact) mass is 454 g/mol. The van der Waals surface area contributed by atoms with Crippen molar-refractivity contribution in [1.82, 2.24) is 9.88 Å². The van der Waals surface area contributed by atoms with Gasteiger partial charge in [0, 0.05) is 24.8 Å². The first kappa shape index (κ1) is 23.5. The van der Waals surface area contributed by atoms with Crippen molar-refractivity contribution in [1.29, 1.82) is 0 Å². The molecule has 1 saturated heterocycles. The van der Waals surface area contributed by atoms with E-state index >= 15 is 0 Å². The number of carbonyl (C=O) groups excluding carboxylic acids is 1. The van der Waals surface area contributed by atoms with Crippen LogP contribution in [0.15, 0.2) is 48.8 Å². The highest BCUT2D eigenvalue weighted by atomic mass is 19.4. The average Bonchev–Trinajstić information content (AvgIpc) is 2.73. The van der Waals surface area contributed by atoms with Crippen LogP contribution in [0.2, 0.25) is 0 Å². The number of aliphatic carboxylic acids is 1. The summed E-state index contributed by atoms with van der Waals surface area (Å²) in [5.41, 5.74) is 0.730. The summed E-state index contributed by atoms with van der Waals surface area (Å²) in [6.45, 7) is 1.46. The minimum absolute atomic E-state index is 0.0724. The van der Waals surface area contributed by atoms with Crippen molar-refractivity contribution in [2.24, 2.45) is 5.41 Å². The second kappa shape index (κ2) is 9.54. The number of carbonyl (C=O) groups is 2. The van der Waals surface area contributed by atoms with Crippen molar-refractivity contribution >= 4 is 11.9 Å². The molecule has 6 nitrogen and oxygen atoms in total. The Kier molecular flexibility index (Phi) is 7.00. The Bertz CT molecular complexity index is 936. The van der Waals surface area contributed by atoms with Crippen molar-refractivity contribution in [2.45, 2.75) is 38.0 Å². The van der Waals surface area contributed by atoms with Gasteiger partial charge in [0.25, 0.3) is 5.91 Å². The van der Waals surface area contributed by atoms with E-state index in [-0.39, 0.29) is 17.8 Å². The maximum atomic E-state index is 13.3. The summed E-state index contributed by atoms with van der Waals surface area (Å²) in [4.78, 5) is 27.3. The van der Waals surface area contributed by atoms with Crippen LogP contribution in [0, 0.1) is 11.2 Å². The number of halogens is 4. The van der Waals surface area contributed by atoms with Crippen LogP contribution in [-0.2, 0) is 4.79 Å². The molecule has 2 aromatic rings. The van der Waals surface area contributed by atoms with Gasteiger partial charge in [0.15, 0.2) is 0 Å². The Morgan fingerprint density at radius 2 is 1.78 bits per heavy atom. The molecular formula is C22H22F4N2O4. The molecule has 1 spiro atoms. The third kappa shape index (κ3) is 5.95. The molecule has 1 N–H and O–H groups in total. The summed E-state index contributed by atoms with van der Waals surface area (Å²) in [5.74, 6) is -2.38. The Morgan fingerprint density at radius 3 is 2.31 bits per heavy atom. The zero-order chi connectivity index (χ0) is 23.4. The summed E-state index contributed by atoms with van der Waals surface area (Å²) < 4.78 is 51.0. The van der Waals surface area contributed by atoms with E-state index in [1.165, 1.54) is 12.1 Å². The first-order valence-corrected chi connectivity index (χ1v) is 10.00. The molecule has 1 aliphatic carbocycles. The average molecular weight is 454 g/mol. The van der Waals surface area contributed by atoms with Gasteiger partial charge in [-0.15, -0.1) is 0 Å². The van der Waals surface area contributed by atoms with E-state index in [0.717, 1.165) is 44.5 Å². The number of carboxylic acid groups (broad SMARTS) is 1. The van der Waals surface area contributed by atoms with Crippen LogP contribution in [0.25, 0.3) is 0 Å². The number of likely N-dealkylation sites (tertiary alicyclic amines) is 1. The van der Waals surface area contributed by atoms with Crippen LogP contribution in [-0.4, -0.2) is 52.2 Å². The lowest BCUT2D eigenvalue weighted by Crippen LogP contribution is -2.52. The lowest BCUT2D eigenvalue weighted by atomic mass is 9.61. The maximum Gasteiger partial charge on any atom is 0.490 e. The number of alkyl halides is 3. The molecule has 2 aliphatic rings. The number of hydrogen-bond acceptors (Lipinski definition) is 4. The molecule has 1 saturated carbocycles. The molecular weight excluding hydrogens is 432 g/mol. The quantitative estimate of drug-likeness (QED) is 0.699. The van der Waals surface area contributed by atoms with Gasteiger partial charge in [-0.1, -0.05) is 6.07 Å². The topological polar surface area (TPSA) is 79.7 Å². The number of aromatic nitrogens is 1. The predicted octanol–water partition coefficient (Wildman–Crippen LogP) is 4.32. The van der Waals surface area contributed by atoms with Crippen molar-refractivity contribution < 1.29 is 37.0 Å². The van der Waals surface area contributed by atoms with Crippen LogP contribution in [0.1, 0.15) is 36.0 Å². The smallest absolute Gasteiger partial charge is 0.489 e. The molecule has 1 aromatic heterocycles. The number of nitrogens with zero attached hydrogens (tertiary/aromatic N) is 2. The summed E-state index contributed by atoms with van der Waals surface area (Å²) in [6, 6.07) is 9.74. The maximum absolute atomic E-state index is 13.3. The normalized spacial score (nSPS) is 17.7. The van der Waals surface area contributed by atoms with E-state index in [4.69, 9.17) is 14.6 Å². The Balaban J connectivity index is 0.000000360. The number of piperidine rings is 1. The molecule has 4 rings (SSSR count). The standard InChI is InChI=1S/C20H21FN2O2.C2HF3O2/c21-16-4-1-3-15(11-16)19(24)23-9-6-20(7-10-23)12-18(13-20)25-17-5-2-8-22-14-17;3-2(4,5)1(6)7/h1-5,8,11,14,18H,6-7,9-10,12-13H2;(H,6,7). The number of carboxylic acids is 1. The molecule has 0 unspecified atom stereocenters. The zero-order valence-corrected chi connectivity index (χ0v) is 17.0. The lowest BCUT2D eigenvalue weighted by molar-refractivity contribution is -0.192. The molecule has 1 aromatic carbocycles. The van der Waals surface area contributed by atoms with Crippen LogP contribution in [0.5, 0.6) is 5.75 Å². The fraction of sp³-hybridized carbons (Fsp3) is 0.409. The highest BCUT2D eigenvalue weighted by Crippen LogP contribution is 2.50. The minimum atomic E-state index is -5.08. The number of ether oxygens (including phenoxy) is 1. The van der Waals surface area contributed by atoms with Gasteiger partial charge in [0.1, 0.15) is 11.6 Å². The lowest BCUT2D eigenvalue weighted by Gasteiger charge is -2.51. The van der Waals surface area contributed by atoms with Crippen LogP contribution < -0.4 is 4.74 Å². The minimum Gasteiger partial charge on any atom is -0.489 e. The molecule has 172 valence electrons. The first-order valence-electron chi connectivity index (χ1n) is 10.00. The number of benzene rings is 1. The Labute approximate surface area is 181 Å². The summed E-state index contributed by atoms with van der Waals surface area (Å²) >= 11 is 0. The van der Waals surface area contributed by atoms with Gasteiger partial charge in [-0.3, -0.25) is 9.78 Å². The van der Waals surface area contributed by atoms with Gasteiger partial charge in [-0.05, 0) is 61.4 Å². The van der Waals surface area contributed by atoms with Crippen molar-refractivity contribution in [3.63, 3.8) is 0 Å². The number of rotatable bonds is 3. The molecule has 32 heavy (non-hydrogen) atoms. The van der Waals surface area contributed by atoms with Crippen molar-refractivity contribution in [3.8, 4) is 5.75 Å². The molecule has 2 heterocycles. The molecule has 0 radical (unpaired) electrons. The highest BCUT2D eigenvalue weighted by Gasteiger charge is 2.47. The molecule has 2 fully saturated rings. The fourth-order valence-corrected chi connectivity index (χ4v) is 4.00. The second-order valence-corrected chi connectivity index (χ2v) is 7.94. The Morgan fingerprint density at radius 1 is 1.12 bits per heavy atom. The van der Waals surface area contributed by atoms with Crippen LogP contribution in [0.4, 0.5) is 17.6 Å². The van der Waals surface area contributed by atoms with Crippen molar-refractivity contribution in [2.75, 3.05) is 13.1 Å². The third-order valence-electron chi connectivity index (χ3n) is 5.68. The number of hydrogen-bond donors (Lipinski definition) is 1. The van der Waals surface area contributed by atoms with Crippen molar-refractivity contribution in [3.05, 3.63) is 60.2 Å². The van der Waals surface area contributed by atoms with E-state index in [0.29, 0.717) is 11.0 Å². The summed E-state index contributed by atoms with van der Waals surface area (Å²) in [5, 5.41) is 7.12.